The van der Waals surface area contributed by atoms with Crippen molar-refractivity contribution in [1.29, 1.82) is 0 Å². The number of carboxylic acid groups (broad SMARTS) is 1. The van der Waals surface area contributed by atoms with Gasteiger partial charge in [-0.1, -0.05) is 0 Å². The van der Waals surface area contributed by atoms with E-state index in [1.807, 2.05) is 6.92 Å². The van der Waals surface area contributed by atoms with Crippen LogP contribution in [0.3, 0.4) is 0 Å². The summed E-state index contributed by atoms with van der Waals surface area (Å²) in [6.07, 6.45) is 3.42. The maximum Gasteiger partial charge on any atom is 0.306 e. The van der Waals surface area contributed by atoms with Crippen molar-refractivity contribution in [2.75, 3.05) is 0 Å². The number of hydrogen-bond donors (Lipinski definition) is 1. The van der Waals surface area contributed by atoms with Crippen molar-refractivity contribution in [3.63, 3.8) is 0 Å². The average Bonchev–Trinajstić information content (AvgIpc) is 2.46. The van der Waals surface area contributed by atoms with Crippen LogP contribution in [0.4, 0.5) is 4.39 Å². The lowest BCUT2D eigenvalue weighted by Gasteiger charge is -2.20. The molecule has 0 radical (unpaired) electrons. The van der Waals surface area contributed by atoms with E-state index < -0.39 is 5.97 Å². The molecule has 2 aromatic rings. The van der Waals surface area contributed by atoms with Gasteiger partial charge in [0.15, 0.2) is 5.82 Å². The van der Waals surface area contributed by atoms with E-state index in [1.165, 1.54) is 12.1 Å². The van der Waals surface area contributed by atoms with Crippen molar-refractivity contribution < 1.29 is 14.3 Å². The fourth-order valence-corrected chi connectivity index (χ4v) is 2.73. The van der Waals surface area contributed by atoms with Gasteiger partial charge in [0.1, 0.15) is 5.82 Å². The van der Waals surface area contributed by atoms with Gasteiger partial charge >= 0.3 is 5.97 Å². The maximum absolute atomic E-state index is 13.2. The van der Waals surface area contributed by atoms with Crippen molar-refractivity contribution in [3.8, 4) is 11.4 Å². The van der Waals surface area contributed by atoms with Gasteiger partial charge in [-0.05, 0) is 55.5 Å². The lowest BCUT2D eigenvalue weighted by molar-refractivity contribution is -0.142. The number of aryl methyl sites for hydroxylation is 2. The normalized spacial score (nSPS) is 17.3. The fourth-order valence-electron chi connectivity index (χ4n) is 2.73. The van der Waals surface area contributed by atoms with E-state index in [1.54, 1.807) is 12.3 Å². The highest BCUT2D eigenvalue weighted by molar-refractivity contribution is 5.71. The third-order valence-corrected chi connectivity index (χ3v) is 3.93. The highest BCUT2D eigenvalue weighted by atomic mass is 19.1. The second kappa shape index (κ2) is 5.24. The van der Waals surface area contributed by atoms with Crippen LogP contribution >= 0.6 is 0 Å². The number of fused-ring (bicyclic) bond motifs is 1. The first kappa shape index (κ1) is 13.7. The number of carbonyl (C=O) groups is 1. The highest BCUT2D eigenvalue weighted by Gasteiger charge is 2.25. The largest absolute Gasteiger partial charge is 0.481 e. The van der Waals surface area contributed by atoms with Gasteiger partial charge in [-0.15, -0.1) is 0 Å². The molecule has 0 saturated carbocycles. The smallest absolute Gasteiger partial charge is 0.306 e. The van der Waals surface area contributed by atoms with Crippen molar-refractivity contribution in [2.45, 2.75) is 26.2 Å². The molecule has 0 bridgehead atoms. The molecule has 108 valence electrons. The molecule has 1 unspecified atom stereocenters. The van der Waals surface area contributed by atoms with E-state index in [2.05, 4.69) is 9.97 Å². The predicted molar refractivity (Wildman–Crippen MR) is 75.3 cm³/mol. The molecule has 1 aromatic heterocycles. The Morgan fingerprint density at radius 3 is 2.95 bits per heavy atom. The Kier molecular flexibility index (Phi) is 3.41. The molecule has 0 aliphatic heterocycles. The van der Waals surface area contributed by atoms with Crippen LogP contribution in [-0.4, -0.2) is 21.0 Å². The minimum Gasteiger partial charge on any atom is -0.481 e. The monoisotopic (exact) mass is 286 g/mol. The van der Waals surface area contributed by atoms with Crippen LogP contribution in [0.15, 0.2) is 24.4 Å². The molecule has 1 aliphatic rings. The van der Waals surface area contributed by atoms with Gasteiger partial charge in [-0.3, -0.25) is 4.79 Å². The summed E-state index contributed by atoms with van der Waals surface area (Å²) in [6, 6.07) is 4.53. The summed E-state index contributed by atoms with van der Waals surface area (Å²) in [5, 5.41) is 9.08. The zero-order chi connectivity index (χ0) is 15.0. The van der Waals surface area contributed by atoms with Gasteiger partial charge in [0, 0.05) is 17.5 Å². The van der Waals surface area contributed by atoms with Gasteiger partial charge in [-0.25, -0.2) is 14.4 Å². The van der Waals surface area contributed by atoms with Crippen LogP contribution in [0.25, 0.3) is 11.4 Å². The van der Waals surface area contributed by atoms with Crippen molar-refractivity contribution in [1.82, 2.24) is 9.97 Å². The Morgan fingerprint density at radius 2 is 2.24 bits per heavy atom. The summed E-state index contributed by atoms with van der Waals surface area (Å²) in [5.41, 5.74) is 3.40. The number of aliphatic carboxylic acids is 1. The molecule has 0 amide bonds. The molecule has 1 heterocycles. The molecular formula is C16H15FN2O2. The van der Waals surface area contributed by atoms with Crippen LogP contribution in [0.1, 0.15) is 23.2 Å². The highest BCUT2D eigenvalue weighted by Crippen LogP contribution is 2.27. The van der Waals surface area contributed by atoms with Gasteiger partial charge in [0.2, 0.25) is 0 Å². The molecule has 0 spiro atoms. The van der Waals surface area contributed by atoms with E-state index >= 15 is 0 Å². The standard InChI is InChI=1S/C16H15FN2O2/c1-9-6-12(17)3-4-13(9)15-18-8-11-7-10(16(20)21)2-5-14(11)19-15/h3-4,6,8,10H,2,5,7H2,1H3,(H,20,21). The zero-order valence-electron chi connectivity index (χ0n) is 11.6. The van der Waals surface area contributed by atoms with Crippen molar-refractivity contribution in [2.24, 2.45) is 5.92 Å². The van der Waals surface area contributed by atoms with Crippen molar-refractivity contribution in [3.05, 3.63) is 47.0 Å². The van der Waals surface area contributed by atoms with Gasteiger partial charge in [0.25, 0.3) is 0 Å². The summed E-state index contributed by atoms with van der Waals surface area (Å²) < 4.78 is 13.2. The Bertz CT molecular complexity index is 715. The summed E-state index contributed by atoms with van der Waals surface area (Å²) >= 11 is 0. The summed E-state index contributed by atoms with van der Waals surface area (Å²) in [4.78, 5) is 19.9. The second-order valence-corrected chi connectivity index (χ2v) is 5.40. The van der Waals surface area contributed by atoms with Crippen LogP contribution in [0, 0.1) is 18.7 Å². The molecule has 0 saturated heterocycles. The topological polar surface area (TPSA) is 63.1 Å². The third-order valence-electron chi connectivity index (χ3n) is 3.93. The van der Waals surface area contributed by atoms with Gasteiger partial charge in [-0.2, -0.15) is 0 Å². The van der Waals surface area contributed by atoms with Crippen LogP contribution in [0.5, 0.6) is 0 Å². The molecule has 0 fully saturated rings. The average molecular weight is 286 g/mol. The number of carboxylic acids is 1. The summed E-state index contributed by atoms with van der Waals surface area (Å²) in [6.45, 7) is 1.82. The predicted octanol–water partition coefficient (Wildman–Crippen LogP) is 2.78. The van der Waals surface area contributed by atoms with Crippen LogP contribution in [-0.2, 0) is 17.6 Å². The molecule has 1 atom stereocenters. The summed E-state index contributed by atoms with van der Waals surface area (Å²) in [7, 11) is 0. The minimum absolute atomic E-state index is 0.279. The lowest BCUT2D eigenvalue weighted by Crippen LogP contribution is -2.23. The number of rotatable bonds is 2. The first-order valence-corrected chi connectivity index (χ1v) is 6.88. The second-order valence-electron chi connectivity index (χ2n) is 5.40. The SMILES string of the molecule is Cc1cc(F)ccc1-c1ncc2c(n1)CCC(C(=O)O)C2. The Morgan fingerprint density at radius 1 is 1.43 bits per heavy atom. The Labute approximate surface area is 121 Å². The Hall–Kier alpha value is -2.30. The number of halogens is 1. The van der Waals surface area contributed by atoms with E-state index in [0.717, 1.165) is 22.4 Å². The Balaban J connectivity index is 1.95. The van der Waals surface area contributed by atoms with Crippen LogP contribution in [0.2, 0.25) is 0 Å². The molecule has 5 heteroatoms. The van der Waals surface area contributed by atoms with E-state index in [-0.39, 0.29) is 11.7 Å². The van der Waals surface area contributed by atoms with Gasteiger partial charge < -0.3 is 5.11 Å². The first-order chi connectivity index (χ1) is 10.0. The molecule has 3 rings (SSSR count). The quantitative estimate of drug-likeness (QED) is 0.922. The minimum atomic E-state index is -0.765. The molecule has 21 heavy (non-hydrogen) atoms. The van der Waals surface area contributed by atoms with Gasteiger partial charge in [0.05, 0.1) is 5.92 Å². The zero-order valence-corrected chi connectivity index (χ0v) is 11.6. The van der Waals surface area contributed by atoms with Crippen LogP contribution < -0.4 is 0 Å². The molecule has 1 N–H and O–H groups in total. The molecule has 4 nitrogen and oxygen atoms in total. The van der Waals surface area contributed by atoms with E-state index in [9.17, 15) is 9.18 Å². The number of nitrogens with zero attached hydrogens (tertiary/aromatic N) is 2. The van der Waals surface area contributed by atoms with E-state index in [4.69, 9.17) is 5.11 Å². The first-order valence-electron chi connectivity index (χ1n) is 6.88. The number of hydrogen-bond acceptors (Lipinski definition) is 3. The summed E-state index contributed by atoms with van der Waals surface area (Å²) in [5.74, 6) is -0.822. The van der Waals surface area contributed by atoms with E-state index in [0.29, 0.717) is 25.1 Å². The van der Waals surface area contributed by atoms with Crippen molar-refractivity contribution >= 4 is 5.97 Å². The fraction of sp³-hybridized carbons (Fsp3) is 0.312. The molecule has 1 aliphatic carbocycles. The number of aromatic nitrogens is 2. The number of benzene rings is 1. The lowest BCUT2D eigenvalue weighted by atomic mass is 9.87. The molecular weight excluding hydrogens is 271 g/mol. The maximum atomic E-state index is 13.2. The third kappa shape index (κ3) is 2.63. The molecule has 1 aromatic carbocycles.